The van der Waals surface area contributed by atoms with Crippen molar-refractivity contribution in [2.24, 2.45) is 5.41 Å². The number of hydrogen-bond acceptors (Lipinski definition) is 4. The molecule has 0 spiro atoms. The van der Waals surface area contributed by atoms with Crippen LogP contribution >= 0.6 is 11.6 Å². The summed E-state index contributed by atoms with van der Waals surface area (Å²) >= 11 is 6.17. The van der Waals surface area contributed by atoms with Gasteiger partial charge in [-0.1, -0.05) is 123 Å². The van der Waals surface area contributed by atoms with Gasteiger partial charge in [0, 0.05) is 5.41 Å². The quantitative estimate of drug-likeness (QED) is 0.112. The lowest BCUT2D eigenvalue weighted by atomic mass is 9.89. The first-order chi connectivity index (χ1) is 17.1. The second kappa shape index (κ2) is 18.4. The zero-order valence-corrected chi connectivity index (χ0v) is 23.8. The molecule has 1 rings (SSSR count). The van der Waals surface area contributed by atoms with Gasteiger partial charge in [0.25, 0.3) is 0 Å². The minimum atomic E-state index is -0.597. The van der Waals surface area contributed by atoms with E-state index in [0.29, 0.717) is 22.9 Å². The average Bonchev–Trinajstić information content (AvgIpc) is 2.82. The van der Waals surface area contributed by atoms with E-state index in [1.165, 1.54) is 83.1 Å². The van der Waals surface area contributed by atoms with E-state index in [2.05, 4.69) is 12.2 Å². The number of ketones is 1. The third-order valence-electron chi connectivity index (χ3n) is 6.36. The Balaban J connectivity index is 2.19. The molecule has 204 valence electrons. The summed E-state index contributed by atoms with van der Waals surface area (Å²) in [5.74, 6) is -1.06. The standard InChI is InChI=1S/C30H48ClNO4/c1-5-6-7-8-9-10-11-12-13-14-15-16-17-18-21-36-29(35)24-19-20-25(31)26(22-24)32-28(34)23-27(33)30(2,3)4/h19-20,22H,5-18,21,23H2,1-4H3,(H,32,34). The van der Waals surface area contributed by atoms with Crippen molar-refractivity contribution in [2.75, 3.05) is 11.9 Å². The Labute approximate surface area is 224 Å². The lowest BCUT2D eigenvalue weighted by molar-refractivity contribution is -0.130. The Bertz CT molecular complexity index is 801. The van der Waals surface area contributed by atoms with Gasteiger partial charge in [0.15, 0.2) is 0 Å². The number of amides is 1. The molecule has 0 heterocycles. The van der Waals surface area contributed by atoms with E-state index >= 15 is 0 Å². The van der Waals surface area contributed by atoms with Gasteiger partial charge < -0.3 is 10.1 Å². The maximum Gasteiger partial charge on any atom is 0.338 e. The highest BCUT2D eigenvalue weighted by Crippen LogP contribution is 2.25. The van der Waals surface area contributed by atoms with Gasteiger partial charge >= 0.3 is 5.97 Å². The van der Waals surface area contributed by atoms with Crippen LogP contribution in [0, 0.1) is 5.41 Å². The van der Waals surface area contributed by atoms with E-state index in [1.807, 2.05) is 0 Å². The van der Waals surface area contributed by atoms with Crippen molar-refractivity contribution in [3.8, 4) is 0 Å². The van der Waals surface area contributed by atoms with E-state index in [0.717, 1.165) is 12.8 Å². The smallest absolute Gasteiger partial charge is 0.338 e. The van der Waals surface area contributed by atoms with E-state index in [1.54, 1.807) is 32.9 Å². The van der Waals surface area contributed by atoms with Crippen LogP contribution < -0.4 is 5.32 Å². The molecular weight excluding hydrogens is 474 g/mol. The fourth-order valence-electron chi connectivity index (χ4n) is 3.90. The van der Waals surface area contributed by atoms with Crippen molar-refractivity contribution in [1.82, 2.24) is 0 Å². The normalized spacial score (nSPS) is 11.4. The molecule has 1 N–H and O–H groups in total. The maximum atomic E-state index is 12.4. The molecule has 1 amide bonds. The highest BCUT2D eigenvalue weighted by Gasteiger charge is 2.24. The summed E-state index contributed by atoms with van der Waals surface area (Å²) in [5, 5.41) is 2.93. The van der Waals surface area contributed by atoms with E-state index < -0.39 is 17.3 Å². The predicted octanol–water partition coefficient (Wildman–Crippen LogP) is 8.92. The molecule has 0 atom stereocenters. The Morgan fingerprint density at radius 2 is 1.31 bits per heavy atom. The zero-order chi connectivity index (χ0) is 26.8. The molecule has 0 fully saturated rings. The van der Waals surface area contributed by atoms with E-state index in [4.69, 9.17) is 16.3 Å². The number of unbranched alkanes of at least 4 members (excludes halogenated alkanes) is 13. The molecule has 1 aromatic rings. The number of anilines is 1. The van der Waals surface area contributed by atoms with Gasteiger partial charge in [-0.3, -0.25) is 9.59 Å². The number of carbonyl (C=O) groups is 3. The van der Waals surface area contributed by atoms with Gasteiger partial charge in [-0.25, -0.2) is 4.79 Å². The summed E-state index contributed by atoms with van der Waals surface area (Å²) in [6, 6.07) is 4.62. The number of Topliss-reactive ketones (excluding diaryl/α,β-unsaturated/α-hetero) is 1. The number of esters is 1. The molecule has 36 heavy (non-hydrogen) atoms. The van der Waals surface area contributed by atoms with E-state index in [9.17, 15) is 14.4 Å². The fourth-order valence-corrected chi connectivity index (χ4v) is 4.06. The SMILES string of the molecule is CCCCCCCCCCCCCCCCOC(=O)c1ccc(Cl)c(NC(=O)CC(=O)C(C)(C)C)c1. The topological polar surface area (TPSA) is 72.5 Å². The molecule has 0 radical (unpaired) electrons. The fraction of sp³-hybridized carbons (Fsp3) is 0.700. The Kier molecular flexibility index (Phi) is 16.4. The highest BCUT2D eigenvalue weighted by atomic mass is 35.5. The summed E-state index contributed by atoms with van der Waals surface area (Å²) in [5.41, 5.74) is 0.0246. The third-order valence-corrected chi connectivity index (χ3v) is 6.69. The van der Waals surface area contributed by atoms with Crippen molar-refractivity contribution >= 4 is 34.9 Å². The summed E-state index contributed by atoms with van der Waals surface area (Å²) in [6.45, 7) is 7.94. The van der Waals surface area contributed by atoms with Crippen LogP contribution in [0.1, 0.15) is 134 Å². The van der Waals surface area contributed by atoms with Crippen LogP contribution in [0.15, 0.2) is 18.2 Å². The molecule has 0 unspecified atom stereocenters. The molecule has 0 aliphatic heterocycles. The van der Waals surface area contributed by atoms with Gasteiger partial charge in [-0.2, -0.15) is 0 Å². The Morgan fingerprint density at radius 3 is 1.81 bits per heavy atom. The van der Waals surface area contributed by atoms with Crippen molar-refractivity contribution in [2.45, 2.75) is 124 Å². The van der Waals surface area contributed by atoms with Gasteiger partial charge in [0.2, 0.25) is 5.91 Å². The van der Waals surface area contributed by atoms with Crippen LogP contribution in [0.3, 0.4) is 0 Å². The zero-order valence-electron chi connectivity index (χ0n) is 23.1. The molecule has 0 bridgehead atoms. The van der Waals surface area contributed by atoms with Crippen LogP contribution in [0.4, 0.5) is 5.69 Å². The van der Waals surface area contributed by atoms with Crippen LogP contribution in [0.5, 0.6) is 0 Å². The largest absolute Gasteiger partial charge is 0.462 e. The van der Waals surface area contributed by atoms with Crippen molar-refractivity contribution < 1.29 is 19.1 Å². The monoisotopic (exact) mass is 521 g/mol. The molecule has 0 saturated carbocycles. The lowest BCUT2D eigenvalue weighted by Gasteiger charge is -2.16. The molecule has 0 aromatic heterocycles. The number of halogens is 1. The molecule has 0 aliphatic rings. The van der Waals surface area contributed by atoms with E-state index in [-0.39, 0.29) is 12.2 Å². The second-order valence-electron chi connectivity index (χ2n) is 10.8. The summed E-state index contributed by atoms with van der Waals surface area (Å²) in [4.78, 5) is 36.7. The van der Waals surface area contributed by atoms with Crippen molar-refractivity contribution in [3.05, 3.63) is 28.8 Å². The Hall–Kier alpha value is -1.88. The number of nitrogens with one attached hydrogen (secondary N) is 1. The van der Waals surface area contributed by atoms with Crippen molar-refractivity contribution in [3.63, 3.8) is 0 Å². The lowest BCUT2D eigenvalue weighted by Crippen LogP contribution is -2.26. The van der Waals surface area contributed by atoms with Gasteiger partial charge in [-0.15, -0.1) is 0 Å². The van der Waals surface area contributed by atoms with Gasteiger partial charge in [0.1, 0.15) is 5.78 Å². The number of ether oxygens (including phenoxy) is 1. The predicted molar refractivity (Wildman–Crippen MR) is 150 cm³/mol. The van der Waals surface area contributed by atoms with Crippen molar-refractivity contribution in [1.29, 1.82) is 0 Å². The van der Waals surface area contributed by atoms with Gasteiger partial charge in [-0.05, 0) is 24.6 Å². The van der Waals surface area contributed by atoms with Crippen LogP contribution in [-0.4, -0.2) is 24.3 Å². The number of hydrogen-bond donors (Lipinski definition) is 1. The van der Waals surface area contributed by atoms with Gasteiger partial charge in [0.05, 0.1) is 29.3 Å². The minimum absolute atomic E-state index is 0.167. The summed E-state index contributed by atoms with van der Waals surface area (Å²) < 4.78 is 5.40. The first-order valence-electron chi connectivity index (χ1n) is 13.9. The summed E-state index contributed by atoms with van der Waals surface area (Å²) in [6.07, 6.45) is 17.6. The third kappa shape index (κ3) is 14.6. The van der Waals surface area contributed by atoms with Crippen LogP contribution in [-0.2, 0) is 14.3 Å². The van der Waals surface area contributed by atoms with Crippen LogP contribution in [0.2, 0.25) is 5.02 Å². The molecule has 0 aliphatic carbocycles. The number of carbonyl (C=O) groups excluding carboxylic acids is 3. The Morgan fingerprint density at radius 1 is 0.806 bits per heavy atom. The average molecular weight is 522 g/mol. The molecule has 0 saturated heterocycles. The number of benzene rings is 1. The first-order valence-corrected chi connectivity index (χ1v) is 14.3. The molecular formula is C30H48ClNO4. The highest BCUT2D eigenvalue weighted by molar-refractivity contribution is 6.34. The molecule has 6 heteroatoms. The molecule has 5 nitrogen and oxygen atoms in total. The maximum absolute atomic E-state index is 12.4. The summed E-state index contributed by atoms with van der Waals surface area (Å²) in [7, 11) is 0. The number of rotatable bonds is 19. The van der Waals surface area contributed by atoms with Crippen LogP contribution in [0.25, 0.3) is 0 Å². The molecule has 1 aromatic carbocycles. The second-order valence-corrected chi connectivity index (χ2v) is 11.2. The minimum Gasteiger partial charge on any atom is -0.462 e. The first kappa shape index (κ1) is 32.1.